The Hall–Kier alpha value is -3.10. The van der Waals surface area contributed by atoms with Crippen molar-refractivity contribution < 1.29 is 54.2 Å². The predicted molar refractivity (Wildman–Crippen MR) is 140 cm³/mol. The molecule has 4 rings (SSSR count). The summed E-state index contributed by atoms with van der Waals surface area (Å²) in [5, 5.41) is 52.3. The summed E-state index contributed by atoms with van der Waals surface area (Å²) in [4.78, 5) is 52.0. The van der Waals surface area contributed by atoms with E-state index >= 15 is 0 Å². The van der Waals surface area contributed by atoms with Crippen LogP contribution in [0.15, 0.2) is 30.3 Å². The van der Waals surface area contributed by atoms with Crippen LogP contribution in [0, 0.1) is 5.92 Å². The average Bonchev–Trinajstić information content (AvgIpc) is 3.35. The summed E-state index contributed by atoms with van der Waals surface area (Å²) < 4.78 is 10.4. The number of esters is 1. The lowest BCUT2D eigenvalue weighted by atomic mass is 9.84. The highest BCUT2D eigenvalue weighted by atomic mass is 16.7. The summed E-state index contributed by atoms with van der Waals surface area (Å²) in [5.41, 5.74) is 0.960. The van der Waals surface area contributed by atoms with Gasteiger partial charge < -0.3 is 39.9 Å². The first kappa shape index (κ1) is 30.8. The van der Waals surface area contributed by atoms with Gasteiger partial charge in [-0.1, -0.05) is 43.2 Å². The maximum Gasteiger partial charge on any atom is 0.335 e. The maximum atomic E-state index is 13.8. The molecule has 10 atom stereocenters. The second-order valence-electron chi connectivity index (χ2n) is 11.1. The fourth-order valence-corrected chi connectivity index (χ4v) is 6.16. The van der Waals surface area contributed by atoms with Crippen molar-refractivity contribution in [2.45, 2.75) is 107 Å². The molecule has 41 heavy (non-hydrogen) atoms. The minimum absolute atomic E-state index is 0.00202. The van der Waals surface area contributed by atoms with Crippen molar-refractivity contribution in [2.24, 2.45) is 5.92 Å². The van der Waals surface area contributed by atoms with Gasteiger partial charge in [-0.2, -0.15) is 0 Å². The molecule has 1 aliphatic carbocycles. The normalized spacial score (nSPS) is 32.9. The molecule has 1 aromatic rings. The van der Waals surface area contributed by atoms with Gasteiger partial charge in [0.1, 0.15) is 30.4 Å². The number of aliphatic hydroxyl groups excluding tert-OH is 3. The van der Waals surface area contributed by atoms with Crippen molar-refractivity contribution in [1.29, 1.82) is 0 Å². The molecule has 1 amide bonds. The number of carbonyl (C=O) groups excluding carboxylic acids is 2. The number of fused-ring (bicyclic) bond motifs is 1. The second kappa shape index (κ2) is 13.3. The number of nitrogens with zero attached hydrogens (tertiary/aromatic N) is 1. The number of aliphatic hydroxyl groups is 3. The Morgan fingerprint density at radius 3 is 2.37 bits per heavy atom. The number of ether oxygens (including phenoxy) is 2. The van der Waals surface area contributed by atoms with E-state index in [1.807, 2.05) is 30.3 Å². The van der Waals surface area contributed by atoms with Gasteiger partial charge in [-0.3, -0.25) is 14.9 Å². The minimum Gasteiger partial charge on any atom is -0.480 e. The summed E-state index contributed by atoms with van der Waals surface area (Å²) in [7, 11) is 0. The van der Waals surface area contributed by atoms with E-state index in [9.17, 15) is 44.7 Å². The van der Waals surface area contributed by atoms with E-state index in [0.29, 0.717) is 12.8 Å². The molecule has 1 saturated carbocycles. The zero-order valence-corrected chi connectivity index (χ0v) is 22.7. The number of carboxylic acids is 2. The van der Waals surface area contributed by atoms with Crippen LogP contribution in [-0.4, -0.2) is 109 Å². The third-order valence-electron chi connectivity index (χ3n) is 8.34. The largest absolute Gasteiger partial charge is 0.480 e. The summed E-state index contributed by atoms with van der Waals surface area (Å²) >= 11 is 0. The molecule has 0 bridgehead atoms. The predicted octanol–water partition coefficient (Wildman–Crippen LogP) is -0.354. The van der Waals surface area contributed by atoms with Crippen molar-refractivity contribution in [3.8, 4) is 0 Å². The molecule has 2 heterocycles. The lowest BCUT2D eigenvalue weighted by Crippen LogP contribution is -2.61. The second-order valence-corrected chi connectivity index (χ2v) is 11.1. The first-order valence-corrected chi connectivity index (χ1v) is 14.0. The number of carbonyl (C=O) groups is 4. The van der Waals surface area contributed by atoms with Crippen molar-refractivity contribution in [3.63, 3.8) is 0 Å². The van der Waals surface area contributed by atoms with E-state index in [2.05, 4.69) is 5.32 Å². The minimum atomic E-state index is -1.94. The Kier molecular flexibility index (Phi) is 9.97. The van der Waals surface area contributed by atoms with Crippen LogP contribution in [0.4, 0.5) is 0 Å². The van der Waals surface area contributed by atoms with Crippen LogP contribution in [0.25, 0.3) is 0 Å². The lowest BCUT2D eigenvalue weighted by Gasteiger charge is -2.39. The smallest absolute Gasteiger partial charge is 0.335 e. The van der Waals surface area contributed by atoms with Crippen LogP contribution in [0.3, 0.4) is 0 Å². The van der Waals surface area contributed by atoms with Crippen molar-refractivity contribution in [3.05, 3.63) is 35.9 Å². The first-order valence-electron chi connectivity index (χ1n) is 14.0. The number of rotatable bonds is 10. The van der Waals surface area contributed by atoms with Gasteiger partial charge in [0.25, 0.3) is 0 Å². The SMILES string of the molecule is C[C@@H](N[C@H](CCc1ccccc1)C(=O)O)C(=O)N1[C@@H](C(=O)OC2OC(C(=O)O)C(O)C(O)C2O)C[C@@H]2CCCC[C@H]21. The number of aryl methyl sites for hydroxylation is 1. The summed E-state index contributed by atoms with van der Waals surface area (Å²) in [6.07, 6.45) is -5.43. The molecule has 3 fully saturated rings. The van der Waals surface area contributed by atoms with Crippen LogP contribution < -0.4 is 5.32 Å². The molecule has 0 radical (unpaired) electrons. The van der Waals surface area contributed by atoms with Gasteiger partial charge in [-0.05, 0) is 50.5 Å². The first-order chi connectivity index (χ1) is 19.5. The molecule has 13 heteroatoms. The topological polar surface area (TPSA) is 203 Å². The van der Waals surface area contributed by atoms with Gasteiger partial charge >= 0.3 is 17.9 Å². The quantitative estimate of drug-likeness (QED) is 0.197. The van der Waals surface area contributed by atoms with Gasteiger partial charge in [-0.15, -0.1) is 0 Å². The summed E-state index contributed by atoms with van der Waals surface area (Å²) in [5.74, 6) is -4.15. The zero-order chi connectivity index (χ0) is 29.8. The highest BCUT2D eigenvalue weighted by Gasteiger charge is 2.52. The Balaban J connectivity index is 1.47. The Morgan fingerprint density at radius 1 is 1.02 bits per heavy atom. The number of amides is 1. The van der Waals surface area contributed by atoms with Gasteiger partial charge in [0.2, 0.25) is 12.2 Å². The molecule has 5 unspecified atom stereocenters. The molecule has 13 nitrogen and oxygen atoms in total. The van der Waals surface area contributed by atoms with Crippen molar-refractivity contribution in [2.75, 3.05) is 0 Å². The van der Waals surface area contributed by atoms with E-state index in [1.54, 1.807) is 6.92 Å². The van der Waals surface area contributed by atoms with Crippen LogP contribution in [0.1, 0.15) is 51.0 Å². The standard InChI is InChI=1S/C28H38N2O11/c1-14(29-17(25(35)36)12-11-15-7-3-2-4-8-15)24(34)30-18-10-6-5-9-16(18)13-19(30)27(39)41-28-22(33)20(31)21(32)23(40-28)26(37)38/h2-4,7-8,14,16-23,28-29,31-33H,5-6,9-13H2,1H3,(H,35,36)(H,37,38)/t14-,16+,17-,18-,19-,20?,21?,22?,23?,28?/m1/s1. The number of aliphatic carboxylic acids is 2. The Morgan fingerprint density at radius 2 is 1.71 bits per heavy atom. The van der Waals surface area contributed by atoms with Crippen LogP contribution >= 0.6 is 0 Å². The number of likely N-dealkylation sites (tertiary alicyclic amines) is 1. The third-order valence-corrected chi connectivity index (χ3v) is 8.34. The molecule has 6 N–H and O–H groups in total. The van der Waals surface area contributed by atoms with E-state index in [1.165, 1.54) is 4.90 Å². The summed E-state index contributed by atoms with van der Waals surface area (Å²) in [6.45, 7) is 1.54. The number of hydrogen-bond acceptors (Lipinski definition) is 10. The van der Waals surface area contributed by atoms with E-state index < -0.39 is 72.6 Å². The molecule has 3 aliphatic rings. The molecule has 1 aromatic carbocycles. The highest BCUT2D eigenvalue weighted by Crippen LogP contribution is 2.41. The number of hydrogen-bond donors (Lipinski definition) is 6. The molecular weight excluding hydrogens is 540 g/mol. The van der Waals surface area contributed by atoms with Gasteiger partial charge in [0, 0.05) is 6.04 Å². The molecule has 2 saturated heterocycles. The maximum absolute atomic E-state index is 13.8. The van der Waals surface area contributed by atoms with Crippen molar-refractivity contribution in [1.82, 2.24) is 10.2 Å². The third kappa shape index (κ3) is 6.87. The fourth-order valence-electron chi connectivity index (χ4n) is 6.16. The Bertz CT molecular complexity index is 1100. The molecule has 2 aliphatic heterocycles. The lowest BCUT2D eigenvalue weighted by molar-refractivity contribution is -0.287. The molecular formula is C28H38N2O11. The van der Waals surface area contributed by atoms with Crippen LogP contribution in [0.2, 0.25) is 0 Å². The molecule has 0 aromatic heterocycles. The fraction of sp³-hybridized carbons (Fsp3) is 0.643. The van der Waals surface area contributed by atoms with Gasteiger partial charge in [-0.25, -0.2) is 9.59 Å². The van der Waals surface area contributed by atoms with E-state index in [4.69, 9.17) is 9.47 Å². The zero-order valence-electron chi connectivity index (χ0n) is 22.7. The number of carboxylic acid groups (broad SMARTS) is 2. The van der Waals surface area contributed by atoms with Crippen molar-refractivity contribution >= 4 is 23.8 Å². The van der Waals surface area contributed by atoms with E-state index in [0.717, 1.165) is 24.8 Å². The molecule has 226 valence electrons. The van der Waals surface area contributed by atoms with Crippen LogP contribution in [0.5, 0.6) is 0 Å². The average molecular weight is 579 g/mol. The Labute approximate surface area is 237 Å². The molecule has 0 spiro atoms. The van der Waals surface area contributed by atoms with Gasteiger partial charge in [0.15, 0.2) is 6.10 Å². The highest BCUT2D eigenvalue weighted by molar-refractivity contribution is 5.89. The van der Waals surface area contributed by atoms with E-state index in [-0.39, 0.29) is 24.8 Å². The number of benzene rings is 1. The van der Waals surface area contributed by atoms with Crippen LogP contribution in [-0.2, 0) is 35.1 Å². The monoisotopic (exact) mass is 578 g/mol. The van der Waals surface area contributed by atoms with Gasteiger partial charge in [0.05, 0.1) is 6.04 Å². The summed E-state index contributed by atoms with van der Waals surface area (Å²) in [6, 6.07) is 6.04. The number of nitrogens with one attached hydrogen (secondary N) is 1.